The summed E-state index contributed by atoms with van der Waals surface area (Å²) in [6.45, 7) is -30.4. The maximum Gasteiger partial charge on any atom is 0.386 e. The van der Waals surface area contributed by atoms with E-state index < -0.39 is 267 Å². The number of H-pyrrole nitrogens is 5. The molecular weight excluding hydrogens is 2250 g/mol. The molecule has 804 valence electrons. The Morgan fingerprint density at radius 2 is 0.601 bits per heavy atom. The standard InChI is InChI=1S/C72H93N26O36P7S7/c1-6-32-33(7-49(121-32)95-25-81-53-57(73)77-23-79-59(53)95)129-136(108,143)115-18-41-35(8-46(122-41)92-14-29(2)63(99)89-70(92)104)131-138(110,145)117-19-42-37(10-48(123-42)94-16-31(4)65(101)91-72(94)106)132-139(111,146)119-21-44-38(12-50(125-44)96-26-82-54-58(74)78-24-80-60(54)96)133-141(113,148)120-22-45-39(13-52(127-45)98-28-84-56-62(98)86-69(76)88-67(56)103)134-140(112,147)118-20-43-36(9-47(124-43)93-15-30(3)64(100)90-71(93)105)130-137(109,144)116-17-40-34(128-135(107,142)114-5)11-51(126-40)97-27-83-55-61(97)85-68(75)87-66(55)102/h14-16,23-28,32-52H,6-13,17-22H2,1-5H3,(H,107,142)(H,108,143)(H,109,144)(H,110,145)(H,111,146)(H,112,147)(H,113,148)(H2,73,77,79)(H2,74,78,80)(H,89,99,104)(H,90,100,105)(H,91,101,106)(H3,75,85,87,102)(H3,76,86,88,103)/t32-,33-,34-,35-,36-,37-,38-,39-,40-,41-,42-,43-,44-,45-,46-,47-,48-,49-,50-,51-,52-,135?,136?,137?,138?,139?,140?,141?/m1/s1. The molecule has 18 heterocycles. The monoisotopic (exact) mass is 2340 g/mol. The van der Waals surface area contributed by atoms with Gasteiger partial charge >= 0.3 is 64.2 Å². The number of nitrogens with zero attached hydrogens (tertiary/aromatic N) is 17. The Hall–Kier alpha value is -7.56. The van der Waals surface area contributed by atoms with Gasteiger partial charge in [0.1, 0.15) is 110 Å². The third-order valence-electron chi connectivity index (χ3n) is 24.5. The van der Waals surface area contributed by atoms with Gasteiger partial charge in [0.05, 0.1) is 108 Å². The first-order valence-corrected chi connectivity index (χ1v) is 62.5. The van der Waals surface area contributed by atoms with Crippen molar-refractivity contribution in [2.24, 2.45) is 0 Å². The topological polar surface area (TPSA) is 815 Å². The van der Waals surface area contributed by atoms with Gasteiger partial charge in [-0.05, 0) is 98.0 Å². The molecule has 0 radical (unpaired) electrons. The molecule has 0 amide bonds. The number of aryl methyl sites for hydroxylation is 3. The SMILES string of the molecule is CC[C@H]1O[C@@H](n2cnc3c(N)ncnc32)C[C@H]1OP(O)(=S)OC[C@H]1O[C@@H](n2cc(C)c(=O)[nH]c2=O)C[C@H]1OP(=O)(S)OC[C@H]1O[C@@H](n2cc(C)c(=O)[nH]c2=O)C[C@H]1OP(O)(=S)OC[C@H]1O[C@@H](n2cnc3c(N)ncnc32)C[C@H]1OP(O)(=S)OC[C@H]1O[C@@H](n2cnc3c(=O)[nH]c(N)nc32)C[C@H]1OP(O)(=S)OC[C@H]1O[C@@H](n2cc(C)c(=O)[nH]c2=O)C[C@H]1OP(O)(=S)OC[C@H]1O[C@@H](n2cnc3c(=O)[nH]c(N)nc32)C[C@H]1OP(O)(=S)OC. The zero-order valence-electron chi connectivity index (χ0n) is 77.1. The Morgan fingerprint density at radius 3 is 0.892 bits per heavy atom. The number of fused-ring (bicyclic) bond motifs is 4. The van der Waals surface area contributed by atoms with E-state index in [0.29, 0.717) is 17.6 Å². The van der Waals surface area contributed by atoms with Gasteiger partial charge in [-0.2, -0.15) is 9.97 Å². The molecule has 0 saturated carbocycles. The van der Waals surface area contributed by atoms with Crippen LogP contribution in [0.5, 0.6) is 0 Å². The molecule has 7 aliphatic rings. The number of hydrogen-bond acceptors (Lipinski definition) is 50. The molecule has 0 aliphatic carbocycles. The minimum atomic E-state index is -4.81. The number of imidazole rings is 4. The molecule has 7 fully saturated rings. The summed E-state index contributed by atoms with van der Waals surface area (Å²) < 4.78 is 152. The van der Waals surface area contributed by atoms with Gasteiger partial charge in [-0.3, -0.25) is 89.9 Å². The van der Waals surface area contributed by atoms with Crippen molar-refractivity contribution in [3.05, 3.63) is 156 Å². The molecule has 7 saturated heterocycles. The number of aromatic amines is 5. The highest BCUT2D eigenvalue weighted by atomic mass is 32.7. The van der Waals surface area contributed by atoms with Crippen molar-refractivity contribution < 1.29 is 130 Å². The number of nitrogens with one attached hydrogen (secondary N) is 5. The molecule has 0 spiro atoms. The third-order valence-corrected chi connectivity index (χ3v) is 35.8. The Morgan fingerprint density at radius 1 is 0.351 bits per heavy atom. The average molecular weight is 2340 g/mol. The number of hydrogen-bond donors (Lipinski definition) is 16. The van der Waals surface area contributed by atoms with Crippen molar-refractivity contribution in [1.29, 1.82) is 0 Å². The van der Waals surface area contributed by atoms with Crippen molar-refractivity contribution in [3.8, 4) is 0 Å². The van der Waals surface area contributed by atoms with Gasteiger partial charge in [0.2, 0.25) is 11.9 Å². The summed E-state index contributed by atoms with van der Waals surface area (Å²) in [5.41, 5.74) is 18.5. The lowest BCUT2D eigenvalue weighted by molar-refractivity contribution is -0.0565. The first kappa shape index (κ1) is 110. The number of rotatable bonds is 41. The molecule has 18 rings (SSSR count). The molecule has 11 aromatic rings. The van der Waals surface area contributed by atoms with Crippen molar-refractivity contribution >= 4 is 198 Å². The summed E-state index contributed by atoms with van der Waals surface area (Å²) in [5, 5.41) is 0. The van der Waals surface area contributed by atoms with E-state index in [9.17, 15) is 72.3 Å². The lowest BCUT2D eigenvalue weighted by Crippen LogP contribution is -2.33. The fourth-order valence-corrected chi connectivity index (χ4v) is 27.3. The maximum atomic E-state index is 14.9. The first-order valence-electron chi connectivity index (χ1n) is 44.3. The van der Waals surface area contributed by atoms with E-state index in [4.69, 9.17) is 190 Å². The lowest BCUT2D eigenvalue weighted by atomic mass is 10.1. The van der Waals surface area contributed by atoms with Crippen molar-refractivity contribution in [2.75, 3.05) is 69.7 Å². The van der Waals surface area contributed by atoms with E-state index in [1.54, 1.807) is 4.57 Å². The fourth-order valence-electron chi connectivity index (χ4n) is 17.4. The fraction of sp³-hybridized carbons (Fsp3) is 0.556. The minimum Gasteiger partial charge on any atom is -0.382 e. The van der Waals surface area contributed by atoms with E-state index in [1.807, 2.05) is 6.92 Å². The second kappa shape index (κ2) is 44.0. The van der Waals surface area contributed by atoms with Crippen LogP contribution in [0.2, 0.25) is 0 Å². The molecule has 7 aliphatic heterocycles. The van der Waals surface area contributed by atoms with Crippen LogP contribution in [-0.4, -0.2) is 268 Å². The third kappa shape index (κ3) is 24.8. The molecular formula is C72H93N26O36P7S7. The van der Waals surface area contributed by atoms with Crippen LogP contribution in [0, 0.1) is 20.8 Å². The molecule has 19 N–H and O–H groups in total. The van der Waals surface area contributed by atoms with Gasteiger partial charge in [0.25, 0.3) is 27.8 Å². The Labute approximate surface area is 864 Å². The molecule has 148 heavy (non-hydrogen) atoms. The van der Waals surface area contributed by atoms with Crippen LogP contribution in [0.1, 0.15) is 119 Å². The van der Waals surface area contributed by atoms with Crippen LogP contribution in [0.25, 0.3) is 44.7 Å². The number of ether oxygens (including phenoxy) is 7. The van der Waals surface area contributed by atoms with Gasteiger partial charge < -0.3 is 140 Å². The molecule has 76 heteroatoms. The van der Waals surface area contributed by atoms with Gasteiger partial charge in [-0.25, -0.2) is 58.8 Å². The smallest absolute Gasteiger partial charge is 0.382 e. The Bertz CT molecular complexity index is 7810. The van der Waals surface area contributed by atoms with E-state index in [1.165, 1.54) is 84.7 Å². The first-order chi connectivity index (χ1) is 69.9. The highest BCUT2D eigenvalue weighted by Gasteiger charge is 2.52. The highest BCUT2D eigenvalue weighted by molar-refractivity contribution is 8.44. The zero-order chi connectivity index (χ0) is 106. The minimum absolute atomic E-state index is 0.00430. The molecule has 7 unspecified atom stereocenters. The van der Waals surface area contributed by atoms with E-state index in [0.717, 1.165) is 27.1 Å². The average Bonchev–Trinajstić information content (AvgIpc) is 1.65. The van der Waals surface area contributed by atoms with Crippen molar-refractivity contribution in [3.63, 3.8) is 0 Å². The number of anilines is 4. The van der Waals surface area contributed by atoms with Crippen LogP contribution >= 0.6 is 59.4 Å². The predicted molar refractivity (Wildman–Crippen MR) is 535 cm³/mol. The number of thiol groups is 1. The van der Waals surface area contributed by atoms with Crippen LogP contribution in [0.3, 0.4) is 0 Å². The summed E-state index contributed by atoms with van der Waals surface area (Å²) in [6.07, 6.45) is -16.9. The predicted octanol–water partition coefficient (Wildman–Crippen LogP) is 1.04. The van der Waals surface area contributed by atoms with Crippen LogP contribution in [0.15, 0.2) is 94.9 Å². The van der Waals surface area contributed by atoms with Crippen LogP contribution in [-0.2, 0) is 172 Å². The number of aromatic nitrogens is 22. The summed E-state index contributed by atoms with van der Waals surface area (Å²) >= 11 is 37.8. The lowest BCUT2D eigenvalue weighted by Gasteiger charge is -2.28. The van der Waals surface area contributed by atoms with Gasteiger partial charge in [0.15, 0.2) is 45.3 Å². The van der Waals surface area contributed by atoms with Gasteiger partial charge in [0, 0.05) is 87.3 Å². The van der Waals surface area contributed by atoms with Crippen molar-refractivity contribution in [2.45, 2.75) is 208 Å². The normalized spacial score (nSPS) is 29.3. The number of nitrogens with two attached hydrogens (primary N) is 4. The zero-order valence-corrected chi connectivity index (χ0v) is 89.1. The van der Waals surface area contributed by atoms with Gasteiger partial charge in [-0.15, -0.1) is 0 Å². The van der Waals surface area contributed by atoms with Gasteiger partial charge in [-0.1, -0.05) is 19.2 Å². The largest absolute Gasteiger partial charge is 0.386 e. The maximum absolute atomic E-state index is 14.9. The molecule has 11 aromatic heterocycles. The van der Waals surface area contributed by atoms with E-state index in [2.05, 4.69) is 87.0 Å². The quantitative estimate of drug-likeness (QED) is 0.0188. The second-order valence-corrected chi connectivity index (χ2v) is 54.1. The second-order valence-electron chi connectivity index (χ2n) is 34.4. The Balaban J connectivity index is 0.561. The molecule has 0 bridgehead atoms. The molecule has 0 aromatic carbocycles. The highest BCUT2D eigenvalue weighted by Crippen LogP contribution is 2.61. The van der Waals surface area contributed by atoms with E-state index >= 15 is 0 Å². The summed E-state index contributed by atoms with van der Waals surface area (Å²) in [7, 11) is 1.11. The summed E-state index contributed by atoms with van der Waals surface area (Å²) in [5.74, 6) is -0.476. The molecule has 28 atom stereocenters. The Kier molecular flexibility index (Phi) is 32.8. The summed E-state index contributed by atoms with van der Waals surface area (Å²) in [6, 6.07) is 0. The van der Waals surface area contributed by atoms with Crippen LogP contribution in [0.4, 0.5) is 23.5 Å². The number of nitrogen functional groups attached to an aromatic ring is 4. The van der Waals surface area contributed by atoms with E-state index in [-0.39, 0.29) is 112 Å². The molecule has 62 nitrogen and oxygen atoms in total. The van der Waals surface area contributed by atoms with Crippen molar-refractivity contribution in [1.82, 2.24) is 107 Å². The summed E-state index contributed by atoms with van der Waals surface area (Å²) in [4.78, 5) is 229. The van der Waals surface area contributed by atoms with Crippen LogP contribution < -0.4 is 67.8 Å².